The van der Waals surface area contributed by atoms with Crippen LogP contribution in [0.2, 0.25) is 0 Å². The number of rotatable bonds is 6. The zero-order valence-electron chi connectivity index (χ0n) is 12.3. The number of hydrogen-bond donors (Lipinski definition) is 2. The second-order valence-electron chi connectivity index (χ2n) is 4.46. The van der Waals surface area contributed by atoms with Gasteiger partial charge in [-0.05, 0) is 30.3 Å². The fraction of sp³-hybridized carbons (Fsp3) is 0.125. The van der Waals surface area contributed by atoms with Crippen LogP contribution in [0.5, 0.6) is 17.2 Å². The first kappa shape index (κ1) is 16.8. The molecule has 0 aliphatic rings. The average molecular weight is 379 g/mol. The highest BCUT2D eigenvalue weighted by molar-refractivity contribution is 9.10. The van der Waals surface area contributed by atoms with Gasteiger partial charge in [0.2, 0.25) is 0 Å². The first-order valence-corrected chi connectivity index (χ1v) is 7.45. The zero-order chi connectivity index (χ0) is 16.7. The molecule has 0 bridgehead atoms. The van der Waals surface area contributed by atoms with E-state index >= 15 is 0 Å². The number of phenolic OH excluding ortho intramolecular Hbond substituents is 1. The molecule has 0 spiro atoms. The Labute approximate surface area is 141 Å². The van der Waals surface area contributed by atoms with E-state index in [-0.39, 0.29) is 12.4 Å². The van der Waals surface area contributed by atoms with Crippen molar-refractivity contribution in [1.82, 2.24) is 5.43 Å². The lowest BCUT2D eigenvalue weighted by molar-refractivity contribution is -0.123. The summed E-state index contributed by atoms with van der Waals surface area (Å²) < 4.78 is 11.2. The number of methoxy groups -OCH3 is 1. The molecule has 0 unspecified atom stereocenters. The second kappa shape index (κ2) is 8.19. The van der Waals surface area contributed by atoms with Gasteiger partial charge < -0.3 is 14.6 Å². The standard InChI is InChI=1S/C16H15BrN2O4/c1-22-13-6-5-11(15(20)8-13)9-18-19-16(21)10-23-14-4-2-3-12(17)7-14/h2-9,20H,10H2,1H3,(H,19,21). The SMILES string of the molecule is COc1ccc(C=NNC(=O)COc2cccc(Br)c2)c(O)c1. The summed E-state index contributed by atoms with van der Waals surface area (Å²) in [7, 11) is 1.51. The van der Waals surface area contributed by atoms with Crippen molar-refractivity contribution in [2.24, 2.45) is 5.10 Å². The van der Waals surface area contributed by atoms with Gasteiger partial charge in [0.1, 0.15) is 17.2 Å². The van der Waals surface area contributed by atoms with Gasteiger partial charge in [-0.15, -0.1) is 0 Å². The highest BCUT2D eigenvalue weighted by Crippen LogP contribution is 2.21. The van der Waals surface area contributed by atoms with Crippen LogP contribution in [0, 0.1) is 0 Å². The van der Waals surface area contributed by atoms with E-state index in [9.17, 15) is 9.90 Å². The predicted molar refractivity (Wildman–Crippen MR) is 90.0 cm³/mol. The Balaban J connectivity index is 1.84. The van der Waals surface area contributed by atoms with Gasteiger partial charge in [0.15, 0.2) is 6.61 Å². The highest BCUT2D eigenvalue weighted by Gasteiger charge is 2.03. The topological polar surface area (TPSA) is 80.2 Å². The van der Waals surface area contributed by atoms with Crippen LogP contribution in [0.3, 0.4) is 0 Å². The van der Waals surface area contributed by atoms with Crippen molar-refractivity contribution in [3.05, 3.63) is 52.5 Å². The van der Waals surface area contributed by atoms with Crippen molar-refractivity contribution in [1.29, 1.82) is 0 Å². The monoisotopic (exact) mass is 378 g/mol. The number of aromatic hydroxyl groups is 1. The van der Waals surface area contributed by atoms with Crippen LogP contribution in [0.15, 0.2) is 52.0 Å². The van der Waals surface area contributed by atoms with Gasteiger partial charge in [-0.25, -0.2) is 5.43 Å². The number of hydrazone groups is 1. The number of ether oxygens (including phenoxy) is 2. The first-order chi connectivity index (χ1) is 11.1. The Morgan fingerprint density at radius 1 is 1.30 bits per heavy atom. The van der Waals surface area contributed by atoms with Crippen molar-refractivity contribution in [2.75, 3.05) is 13.7 Å². The summed E-state index contributed by atoms with van der Waals surface area (Å²) in [6.07, 6.45) is 1.34. The molecular weight excluding hydrogens is 364 g/mol. The summed E-state index contributed by atoms with van der Waals surface area (Å²) in [6, 6.07) is 11.9. The molecule has 6 nitrogen and oxygen atoms in total. The van der Waals surface area contributed by atoms with Crippen molar-refractivity contribution < 1.29 is 19.4 Å². The molecule has 0 fully saturated rings. The molecule has 1 amide bonds. The molecule has 2 rings (SSSR count). The third-order valence-electron chi connectivity index (χ3n) is 2.80. The normalized spacial score (nSPS) is 10.5. The molecule has 0 heterocycles. The van der Waals surface area contributed by atoms with E-state index < -0.39 is 5.91 Å². The number of nitrogens with zero attached hydrogens (tertiary/aromatic N) is 1. The lowest BCUT2D eigenvalue weighted by Gasteiger charge is -2.05. The van der Waals surface area contributed by atoms with Crippen molar-refractivity contribution >= 4 is 28.1 Å². The quantitative estimate of drug-likeness (QED) is 0.598. The Kier molecular flexibility index (Phi) is 5.99. The fourth-order valence-corrected chi connectivity index (χ4v) is 2.05. The summed E-state index contributed by atoms with van der Waals surface area (Å²) in [4.78, 5) is 11.6. The van der Waals surface area contributed by atoms with Crippen LogP contribution in [0.4, 0.5) is 0 Å². The van der Waals surface area contributed by atoms with E-state index in [4.69, 9.17) is 9.47 Å². The Morgan fingerprint density at radius 3 is 2.83 bits per heavy atom. The minimum Gasteiger partial charge on any atom is -0.507 e. The third kappa shape index (κ3) is 5.30. The molecule has 2 N–H and O–H groups in total. The maximum atomic E-state index is 11.6. The zero-order valence-corrected chi connectivity index (χ0v) is 13.9. The van der Waals surface area contributed by atoms with Gasteiger partial charge in [0.25, 0.3) is 5.91 Å². The molecule has 0 atom stereocenters. The molecule has 0 radical (unpaired) electrons. The number of phenols is 1. The molecule has 2 aromatic carbocycles. The van der Waals surface area contributed by atoms with E-state index in [1.807, 2.05) is 12.1 Å². The van der Waals surface area contributed by atoms with Crippen molar-refractivity contribution in [3.8, 4) is 17.2 Å². The largest absolute Gasteiger partial charge is 0.507 e. The van der Waals surface area contributed by atoms with E-state index in [0.29, 0.717) is 17.1 Å². The van der Waals surface area contributed by atoms with E-state index in [2.05, 4.69) is 26.5 Å². The van der Waals surface area contributed by atoms with E-state index in [1.54, 1.807) is 24.3 Å². The van der Waals surface area contributed by atoms with Crippen LogP contribution in [0.25, 0.3) is 0 Å². The molecule has 2 aromatic rings. The number of nitrogens with one attached hydrogen (secondary N) is 1. The second-order valence-corrected chi connectivity index (χ2v) is 5.38. The Bertz CT molecular complexity index is 719. The van der Waals surface area contributed by atoms with Gasteiger partial charge >= 0.3 is 0 Å². The lowest BCUT2D eigenvalue weighted by atomic mass is 10.2. The van der Waals surface area contributed by atoms with Crippen LogP contribution in [-0.2, 0) is 4.79 Å². The van der Waals surface area contributed by atoms with E-state index in [0.717, 1.165) is 4.47 Å². The average Bonchev–Trinajstić information content (AvgIpc) is 2.54. The highest BCUT2D eigenvalue weighted by atomic mass is 79.9. The van der Waals surface area contributed by atoms with E-state index in [1.165, 1.54) is 19.4 Å². The van der Waals surface area contributed by atoms with Gasteiger partial charge in [-0.3, -0.25) is 4.79 Å². The smallest absolute Gasteiger partial charge is 0.277 e. The number of halogens is 1. The molecule has 120 valence electrons. The number of carbonyl (C=O) groups excluding carboxylic acids is 1. The van der Waals surface area contributed by atoms with Crippen LogP contribution < -0.4 is 14.9 Å². The van der Waals surface area contributed by atoms with Crippen molar-refractivity contribution in [2.45, 2.75) is 0 Å². The summed E-state index contributed by atoms with van der Waals surface area (Å²) in [6.45, 7) is -0.164. The maximum Gasteiger partial charge on any atom is 0.277 e. The minimum absolute atomic E-state index is 0.00716. The maximum absolute atomic E-state index is 11.6. The summed E-state index contributed by atoms with van der Waals surface area (Å²) >= 11 is 3.32. The first-order valence-electron chi connectivity index (χ1n) is 6.66. The summed E-state index contributed by atoms with van der Waals surface area (Å²) in [5.74, 6) is 0.708. The Hall–Kier alpha value is -2.54. The summed E-state index contributed by atoms with van der Waals surface area (Å²) in [5.41, 5.74) is 2.78. The summed E-state index contributed by atoms with van der Waals surface area (Å²) in [5, 5.41) is 13.5. The predicted octanol–water partition coefficient (Wildman–Crippen LogP) is 2.69. The number of hydrogen-bond acceptors (Lipinski definition) is 5. The van der Waals surface area contributed by atoms with Crippen molar-refractivity contribution in [3.63, 3.8) is 0 Å². The van der Waals surface area contributed by atoms with Crippen LogP contribution in [-0.4, -0.2) is 30.9 Å². The lowest BCUT2D eigenvalue weighted by Crippen LogP contribution is -2.24. The van der Waals surface area contributed by atoms with Gasteiger partial charge in [-0.1, -0.05) is 22.0 Å². The van der Waals surface area contributed by atoms with Gasteiger partial charge in [0.05, 0.1) is 13.3 Å². The number of amides is 1. The minimum atomic E-state index is -0.408. The number of carbonyl (C=O) groups is 1. The van der Waals surface area contributed by atoms with Crippen LogP contribution >= 0.6 is 15.9 Å². The molecule has 0 aliphatic heterocycles. The molecule has 0 aromatic heterocycles. The Morgan fingerprint density at radius 2 is 2.13 bits per heavy atom. The fourth-order valence-electron chi connectivity index (χ4n) is 1.67. The molecule has 0 saturated heterocycles. The number of benzene rings is 2. The molecular formula is C16H15BrN2O4. The molecule has 0 aliphatic carbocycles. The molecule has 23 heavy (non-hydrogen) atoms. The molecule has 7 heteroatoms. The van der Waals surface area contributed by atoms with Crippen LogP contribution in [0.1, 0.15) is 5.56 Å². The third-order valence-corrected chi connectivity index (χ3v) is 3.29. The van der Waals surface area contributed by atoms with Gasteiger partial charge in [-0.2, -0.15) is 5.10 Å². The van der Waals surface area contributed by atoms with Gasteiger partial charge in [0, 0.05) is 16.1 Å². The molecule has 0 saturated carbocycles.